The van der Waals surface area contributed by atoms with Gasteiger partial charge < -0.3 is 15.4 Å². The molecule has 0 aromatic heterocycles. The van der Waals surface area contributed by atoms with Crippen LogP contribution >= 0.6 is 0 Å². The first kappa shape index (κ1) is 17.5. The van der Waals surface area contributed by atoms with Crippen LogP contribution in [0.3, 0.4) is 0 Å². The summed E-state index contributed by atoms with van der Waals surface area (Å²) in [6.07, 6.45) is 1.16. The molecule has 0 saturated carbocycles. The van der Waals surface area contributed by atoms with Crippen LogP contribution in [0.15, 0.2) is 24.3 Å². The van der Waals surface area contributed by atoms with Crippen LogP contribution < -0.4 is 10.5 Å². The van der Waals surface area contributed by atoms with Crippen LogP contribution in [-0.4, -0.2) is 37.0 Å². The molecule has 21 heavy (non-hydrogen) atoms. The van der Waals surface area contributed by atoms with Gasteiger partial charge >= 0.3 is 0 Å². The van der Waals surface area contributed by atoms with Crippen LogP contribution in [0.2, 0.25) is 0 Å². The lowest BCUT2D eigenvalue weighted by Crippen LogP contribution is -2.41. The second-order valence-electron chi connectivity index (χ2n) is 5.98. The van der Waals surface area contributed by atoms with E-state index in [-0.39, 0.29) is 18.0 Å². The van der Waals surface area contributed by atoms with Crippen molar-refractivity contribution in [2.45, 2.75) is 45.7 Å². The van der Waals surface area contributed by atoms with Crippen LogP contribution in [0.5, 0.6) is 5.75 Å². The SMILES string of the molecule is COc1ccccc1CC(C)N(C)C(=O)CC(N)C(C)C. The summed E-state index contributed by atoms with van der Waals surface area (Å²) in [6.45, 7) is 6.12. The molecule has 0 aliphatic heterocycles. The van der Waals surface area contributed by atoms with Crippen molar-refractivity contribution in [1.82, 2.24) is 4.90 Å². The van der Waals surface area contributed by atoms with Crippen molar-refractivity contribution in [1.29, 1.82) is 0 Å². The van der Waals surface area contributed by atoms with Crippen LogP contribution in [0.25, 0.3) is 0 Å². The Hall–Kier alpha value is -1.55. The highest BCUT2D eigenvalue weighted by atomic mass is 16.5. The Balaban J connectivity index is 2.66. The number of hydrogen-bond acceptors (Lipinski definition) is 3. The second-order valence-corrected chi connectivity index (χ2v) is 5.98. The minimum atomic E-state index is -0.0848. The van der Waals surface area contributed by atoms with Crippen LogP contribution in [0.1, 0.15) is 32.8 Å². The molecule has 2 atom stereocenters. The molecule has 4 nitrogen and oxygen atoms in total. The maximum absolute atomic E-state index is 12.3. The number of benzene rings is 1. The number of carbonyl (C=O) groups is 1. The summed E-state index contributed by atoms with van der Waals surface area (Å²) >= 11 is 0. The van der Waals surface area contributed by atoms with E-state index < -0.39 is 0 Å². The van der Waals surface area contributed by atoms with Gasteiger partial charge in [-0.25, -0.2) is 0 Å². The van der Waals surface area contributed by atoms with Crippen molar-refractivity contribution in [3.63, 3.8) is 0 Å². The topological polar surface area (TPSA) is 55.6 Å². The number of carbonyl (C=O) groups excluding carboxylic acids is 1. The van der Waals surface area contributed by atoms with Gasteiger partial charge in [-0.05, 0) is 30.9 Å². The molecule has 1 rings (SSSR count). The number of methoxy groups -OCH3 is 1. The molecule has 0 radical (unpaired) electrons. The Morgan fingerprint density at radius 1 is 1.29 bits per heavy atom. The Morgan fingerprint density at radius 2 is 1.90 bits per heavy atom. The van der Waals surface area contributed by atoms with Gasteiger partial charge in [0.05, 0.1) is 7.11 Å². The Morgan fingerprint density at radius 3 is 2.48 bits per heavy atom. The number of rotatable bonds is 7. The van der Waals surface area contributed by atoms with E-state index in [2.05, 4.69) is 0 Å². The third-order valence-electron chi connectivity index (χ3n) is 4.03. The van der Waals surface area contributed by atoms with E-state index >= 15 is 0 Å². The first-order valence-corrected chi connectivity index (χ1v) is 7.50. The molecule has 2 N–H and O–H groups in total. The van der Waals surface area contributed by atoms with E-state index in [4.69, 9.17) is 10.5 Å². The average Bonchev–Trinajstić information content (AvgIpc) is 2.46. The van der Waals surface area contributed by atoms with Gasteiger partial charge in [0.2, 0.25) is 5.91 Å². The smallest absolute Gasteiger partial charge is 0.224 e. The monoisotopic (exact) mass is 292 g/mol. The third-order valence-corrected chi connectivity index (χ3v) is 4.03. The van der Waals surface area contributed by atoms with E-state index in [9.17, 15) is 4.79 Å². The molecule has 0 aliphatic rings. The predicted octanol–water partition coefficient (Wildman–Crippen LogP) is 2.46. The highest BCUT2D eigenvalue weighted by Gasteiger charge is 2.20. The molecule has 118 valence electrons. The Labute approximate surface area is 128 Å². The largest absolute Gasteiger partial charge is 0.496 e. The molecule has 1 amide bonds. The zero-order valence-electron chi connectivity index (χ0n) is 13.8. The number of nitrogens with zero attached hydrogens (tertiary/aromatic N) is 1. The molecule has 1 aromatic carbocycles. The van der Waals surface area contributed by atoms with Crippen molar-refractivity contribution in [2.24, 2.45) is 11.7 Å². The lowest BCUT2D eigenvalue weighted by atomic mass is 10.0. The lowest BCUT2D eigenvalue weighted by Gasteiger charge is -2.27. The van der Waals surface area contributed by atoms with E-state index in [1.54, 1.807) is 12.0 Å². The number of amides is 1. The second kappa shape index (κ2) is 8.03. The lowest BCUT2D eigenvalue weighted by molar-refractivity contribution is -0.132. The summed E-state index contributed by atoms with van der Waals surface area (Å²) in [5, 5.41) is 0. The van der Waals surface area contributed by atoms with Crippen LogP contribution in [-0.2, 0) is 11.2 Å². The number of para-hydroxylation sites is 1. The number of likely N-dealkylation sites (N-methyl/N-ethyl adjacent to an activating group) is 1. The summed E-state index contributed by atoms with van der Waals surface area (Å²) in [5.41, 5.74) is 7.10. The van der Waals surface area contributed by atoms with Gasteiger partial charge in [0.15, 0.2) is 0 Å². The van der Waals surface area contributed by atoms with Gasteiger partial charge in [0.1, 0.15) is 5.75 Å². The summed E-state index contributed by atoms with van der Waals surface area (Å²) in [5.74, 6) is 1.27. The molecule has 0 bridgehead atoms. The molecule has 4 heteroatoms. The highest BCUT2D eigenvalue weighted by Crippen LogP contribution is 2.20. The van der Waals surface area contributed by atoms with E-state index in [0.29, 0.717) is 12.3 Å². The van der Waals surface area contributed by atoms with Crippen LogP contribution in [0, 0.1) is 5.92 Å². The maximum atomic E-state index is 12.3. The van der Waals surface area contributed by atoms with Crippen LogP contribution in [0.4, 0.5) is 0 Å². The summed E-state index contributed by atoms with van der Waals surface area (Å²) in [6, 6.07) is 7.93. The summed E-state index contributed by atoms with van der Waals surface area (Å²) in [4.78, 5) is 14.0. The minimum Gasteiger partial charge on any atom is -0.496 e. The van der Waals surface area contributed by atoms with Gasteiger partial charge in [0, 0.05) is 25.6 Å². The summed E-state index contributed by atoms with van der Waals surface area (Å²) in [7, 11) is 3.51. The minimum absolute atomic E-state index is 0.0848. The predicted molar refractivity (Wildman–Crippen MR) is 86.4 cm³/mol. The zero-order valence-corrected chi connectivity index (χ0v) is 13.8. The van der Waals surface area contributed by atoms with Crippen molar-refractivity contribution in [2.75, 3.05) is 14.2 Å². The molecule has 0 fully saturated rings. The van der Waals surface area contributed by atoms with Gasteiger partial charge in [-0.3, -0.25) is 4.79 Å². The molecule has 0 aliphatic carbocycles. The zero-order chi connectivity index (χ0) is 16.0. The fraction of sp³-hybridized carbons (Fsp3) is 0.588. The van der Waals surface area contributed by atoms with E-state index in [1.165, 1.54) is 0 Å². The van der Waals surface area contributed by atoms with Gasteiger partial charge in [-0.1, -0.05) is 32.0 Å². The molecule has 0 spiro atoms. The van der Waals surface area contributed by atoms with Gasteiger partial charge in [0.25, 0.3) is 0 Å². The molecular weight excluding hydrogens is 264 g/mol. The standard InChI is InChI=1S/C17H28N2O2/c1-12(2)15(18)11-17(20)19(4)13(3)10-14-8-6-7-9-16(14)21-5/h6-9,12-13,15H,10-11,18H2,1-5H3. The number of ether oxygens (including phenoxy) is 1. The molecular formula is C17H28N2O2. The number of hydrogen-bond donors (Lipinski definition) is 1. The first-order chi connectivity index (χ1) is 9.86. The van der Waals surface area contributed by atoms with Crippen molar-refractivity contribution in [3.8, 4) is 5.75 Å². The van der Waals surface area contributed by atoms with Gasteiger partial charge in [-0.15, -0.1) is 0 Å². The average molecular weight is 292 g/mol. The molecule has 1 aromatic rings. The van der Waals surface area contributed by atoms with Gasteiger partial charge in [-0.2, -0.15) is 0 Å². The highest BCUT2D eigenvalue weighted by molar-refractivity contribution is 5.76. The van der Waals surface area contributed by atoms with E-state index in [1.807, 2.05) is 52.1 Å². The first-order valence-electron chi connectivity index (χ1n) is 7.50. The van der Waals surface area contributed by atoms with Crippen molar-refractivity contribution in [3.05, 3.63) is 29.8 Å². The quantitative estimate of drug-likeness (QED) is 0.840. The Bertz CT molecular complexity index is 460. The Kier molecular flexibility index (Phi) is 6.69. The fourth-order valence-corrected chi connectivity index (χ4v) is 2.15. The molecule has 2 unspecified atom stereocenters. The van der Waals surface area contributed by atoms with Crippen molar-refractivity contribution >= 4 is 5.91 Å². The molecule has 0 saturated heterocycles. The maximum Gasteiger partial charge on any atom is 0.224 e. The summed E-state index contributed by atoms with van der Waals surface area (Å²) < 4.78 is 5.36. The van der Waals surface area contributed by atoms with E-state index in [0.717, 1.165) is 17.7 Å². The fourth-order valence-electron chi connectivity index (χ4n) is 2.15. The third kappa shape index (κ3) is 5.05. The van der Waals surface area contributed by atoms with Crippen molar-refractivity contribution < 1.29 is 9.53 Å². The number of nitrogens with two attached hydrogens (primary N) is 1. The molecule has 0 heterocycles. The normalized spacial score (nSPS) is 13.9.